The molecule has 0 amide bonds. The number of rotatable bonds is 4. The molecule has 2 heterocycles. The molecule has 0 bridgehead atoms. The van der Waals surface area contributed by atoms with Crippen molar-refractivity contribution in [1.29, 1.82) is 0 Å². The largest absolute Gasteiger partial charge is 0.361 e. The van der Waals surface area contributed by atoms with Gasteiger partial charge < -0.3 is 4.52 Å². The Kier molecular flexibility index (Phi) is 3.53. The van der Waals surface area contributed by atoms with Gasteiger partial charge in [-0.2, -0.15) is 4.31 Å². The molecule has 17 heavy (non-hydrogen) atoms. The van der Waals surface area contributed by atoms with Crippen molar-refractivity contribution in [3.63, 3.8) is 0 Å². The molecule has 6 heteroatoms. The van der Waals surface area contributed by atoms with E-state index in [2.05, 4.69) is 5.16 Å². The molecule has 0 saturated carbocycles. The summed E-state index contributed by atoms with van der Waals surface area (Å²) in [5.41, 5.74) is 0.736. The summed E-state index contributed by atoms with van der Waals surface area (Å²) in [4.78, 5) is 0. The second-order valence-electron chi connectivity index (χ2n) is 4.45. The van der Waals surface area contributed by atoms with Gasteiger partial charge in [0, 0.05) is 12.6 Å². The van der Waals surface area contributed by atoms with Crippen LogP contribution in [0.2, 0.25) is 0 Å². The fourth-order valence-corrected chi connectivity index (χ4v) is 4.05. The lowest BCUT2D eigenvalue weighted by molar-refractivity contribution is 0.349. The summed E-state index contributed by atoms with van der Waals surface area (Å²) in [6, 6.07) is 1.69. The third-order valence-electron chi connectivity index (χ3n) is 3.01. The fraction of sp³-hybridized carbons (Fsp3) is 0.727. The molecular formula is C11H18N2O3S. The average Bonchev–Trinajstić information content (AvgIpc) is 2.84. The van der Waals surface area contributed by atoms with E-state index in [0.29, 0.717) is 13.0 Å². The predicted octanol–water partition coefficient (Wildman–Crippen LogP) is 1.86. The first-order valence-corrected chi connectivity index (χ1v) is 7.58. The molecule has 1 aliphatic heterocycles. The van der Waals surface area contributed by atoms with E-state index in [0.717, 1.165) is 24.3 Å². The van der Waals surface area contributed by atoms with Crippen molar-refractivity contribution in [2.24, 2.45) is 0 Å². The van der Waals surface area contributed by atoms with Gasteiger partial charge in [-0.1, -0.05) is 12.1 Å². The van der Waals surface area contributed by atoms with Gasteiger partial charge in [0.1, 0.15) is 11.5 Å². The zero-order chi connectivity index (χ0) is 12.5. The highest BCUT2D eigenvalue weighted by Crippen LogP contribution is 2.34. The van der Waals surface area contributed by atoms with Crippen molar-refractivity contribution < 1.29 is 12.9 Å². The summed E-state index contributed by atoms with van der Waals surface area (Å²) in [6.07, 6.45) is 2.36. The second kappa shape index (κ2) is 4.78. The van der Waals surface area contributed by atoms with E-state index in [1.165, 1.54) is 0 Å². The normalized spacial score (nSPS) is 22.1. The van der Waals surface area contributed by atoms with Crippen LogP contribution in [0.25, 0.3) is 0 Å². The Morgan fingerprint density at radius 2 is 2.35 bits per heavy atom. The molecule has 1 aromatic heterocycles. The zero-order valence-electron chi connectivity index (χ0n) is 10.2. The van der Waals surface area contributed by atoms with Crippen LogP contribution in [0.4, 0.5) is 0 Å². The first-order chi connectivity index (χ1) is 8.04. The van der Waals surface area contributed by atoms with Crippen molar-refractivity contribution in [3.05, 3.63) is 17.5 Å². The summed E-state index contributed by atoms with van der Waals surface area (Å²) in [7, 11) is -3.15. The number of aromatic nitrogens is 1. The maximum absolute atomic E-state index is 12.1. The first-order valence-electron chi connectivity index (χ1n) is 5.97. The molecule has 0 aromatic carbocycles. The van der Waals surface area contributed by atoms with E-state index < -0.39 is 10.0 Å². The molecule has 1 aliphatic rings. The van der Waals surface area contributed by atoms with Crippen molar-refractivity contribution in [2.45, 2.75) is 39.2 Å². The highest BCUT2D eigenvalue weighted by molar-refractivity contribution is 7.89. The third kappa shape index (κ3) is 2.52. The molecule has 2 rings (SSSR count). The standard InChI is InChI=1S/C11H18N2O3S/c1-3-7-17(14,15)13-6-4-5-11(13)10-8-9(2)16-12-10/h8,11H,3-7H2,1-2H3/t11-/m0/s1. The van der Waals surface area contributed by atoms with Crippen LogP contribution in [-0.2, 0) is 10.0 Å². The second-order valence-corrected chi connectivity index (χ2v) is 6.49. The molecule has 0 N–H and O–H groups in total. The van der Waals surface area contributed by atoms with Crippen molar-refractivity contribution in [2.75, 3.05) is 12.3 Å². The fourth-order valence-electron chi connectivity index (χ4n) is 2.29. The summed E-state index contributed by atoms with van der Waals surface area (Å²) < 4.78 is 30.8. The smallest absolute Gasteiger partial charge is 0.214 e. The van der Waals surface area contributed by atoms with Crippen LogP contribution < -0.4 is 0 Å². The summed E-state index contributed by atoms with van der Waals surface area (Å²) in [5.74, 6) is 0.931. The van der Waals surface area contributed by atoms with Crippen LogP contribution in [0.3, 0.4) is 0 Å². The van der Waals surface area contributed by atoms with Gasteiger partial charge in [0.05, 0.1) is 11.8 Å². The van der Waals surface area contributed by atoms with Gasteiger partial charge in [0.25, 0.3) is 0 Å². The molecule has 5 nitrogen and oxygen atoms in total. The van der Waals surface area contributed by atoms with Gasteiger partial charge in [-0.25, -0.2) is 8.42 Å². The van der Waals surface area contributed by atoms with Gasteiger partial charge in [-0.3, -0.25) is 0 Å². The average molecular weight is 258 g/mol. The van der Waals surface area contributed by atoms with Gasteiger partial charge >= 0.3 is 0 Å². The van der Waals surface area contributed by atoms with Crippen molar-refractivity contribution in [1.82, 2.24) is 9.46 Å². The zero-order valence-corrected chi connectivity index (χ0v) is 11.0. The van der Waals surface area contributed by atoms with E-state index in [1.807, 2.05) is 19.9 Å². The predicted molar refractivity (Wildman–Crippen MR) is 64.0 cm³/mol. The van der Waals surface area contributed by atoms with Crippen LogP contribution in [0.5, 0.6) is 0 Å². The van der Waals surface area contributed by atoms with Gasteiger partial charge in [-0.15, -0.1) is 0 Å². The molecule has 0 radical (unpaired) electrons. The molecule has 1 atom stereocenters. The van der Waals surface area contributed by atoms with Gasteiger partial charge in [-0.05, 0) is 26.2 Å². The Labute approximate surface area is 102 Å². The third-order valence-corrected chi connectivity index (χ3v) is 5.09. The SMILES string of the molecule is CCCS(=O)(=O)N1CCC[C@H]1c1cc(C)on1. The van der Waals surface area contributed by atoms with E-state index >= 15 is 0 Å². The summed E-state index contributed by atoms with van der Waals surface area (Å²) in [5, 5.41) is 3.94. The van der Waals surface area contributed by atoms with Crippen LogP contribution in [0.15, 0.2) is 10.6 Å². The van der Waals surface area contributed by atoms with Gasteiger partial charge in [0.15, 0.2) is 0 Å². The molecule has 0 spiro atoms. The Balaban J connectivity index is 2.24. The minimum Gasteiger partial charge on any atom is -0.361 e. The molecule has 96 valence electrons. The lowest BCUT2D eigenvalue weighted by atomic mass is 10.1. The van der Waals surface area contributed by atoms with E-state index in [9.17, 15) is 8.42 Å². The quantitative estimate of drug-likeness (QED) is 0.827. The van der Waals surface area contributed by atoms with E-state index in [4.69, 9.17) is 4.52 Å². The maximum atomic E-state index is 12.1. The number of sulfonamides is 1. The number of hydrogen-bond donors (Lipinski definition) is 0. The monoisotopic (exact) mass is 258 g/mol. The number of hydrogen-bond acceptors (Lipinski definition) is 4. The van der Waals surface area contributed by atoms with E-state index in [-0.39, 0.29) is 11.8 Å². The lowest BCUT2D eigenvalue weighted by Crippen LogP contribution is -2.32. The van der Waals surface area contributed by atoms with Crippen LogP contribution in [-0.4, -0.2) is 30.2 Å². The van der Waals surface area contributed by atoms with Crippen LogP contribution in [0.1, 0.15) is 43.7 Å². The van der Waals surface area contributed by atoms with Gasteiger partial charge in [0.2, 0.25) is 10.0 Å². The Bertz CT molecular complexity index is 481. The minimum absolute atomic E-state index is 0.135. The molecule has 1 aromatic rings. The number of nitrogens with zero attached hydrogens (tertiary/aromatic N) is 2. The first kappa shape index (κ1) is 12.6. The number of aryl methyl sites for hydroxylation is 1. The van der Waals surface area contributed by atoms with Crippen molar-refractivity contribution >= 4 is 10.0 Å². The molecule has 0 aliphatic carbocycles. The maximum Gasteiger partial charge on any atom is 0.214 e. The summed E-state index contributed by atoms with van der Waals surface area (Å²) in [6.45, 7) is 4.29. The van der Waals surface area contributed by atoms with Crippen molar-refractivity contribution in [3.8, 4) is 0 Å². The Hall–Kier alpha value is -0.880. The van der Waals surface area contributed by atoms with E-state index in [1.54, 1.807) is 4.31 Å². The van der Waals surface area contributed by atoms with Crippen LogP contribution >= 0.6 is 0 Å². The Morgan fingerprint density at radius 3 is 2.94 bits per heavy atom. The molecule has 1 fully saturated rings. The summed E-state index contributed by atoms with van der Waals surface area (Å²) >= 11 is 0. The molecular weight excluding hydrogens is 240 g/mol. The molecule has 1 saturated heterocycles. The minimum atomic E-state index is -3.15. The molecule has 0 unspecified atom stereocenters. The van der Waals surface area contributed by atoms with Crippen LogP contribution in [0, 0.1) is 6.92 Å². The Morgan fingerprint density at radius 1 is 1.59 bits per heavy atom. The highest BCUT2D eigenvalue weighted by atomic mass is 32.2. The lowest BCUT2D eigenvalue weighted by Gasteiger charge is -2.21. The topological polar surface area (TPSA) is 63.4 Å². The highest BCUT2D eigenvalue weighted by Gasteiger charge is 2.36.